The van der Waals surface area contributed by atoms with Gasteiger partial charge in [0.1, 0.15) is 0 Å². The lowest BCUT2D eigenvalue weighted by molar-refractivity contribution is -0.137. The summed E-state index contributed by atoms with van der Waals surface area (Å²) in [5.41, 5.74) is 1.02. The number of ether oxygens (including phenoxy) is 1. The fourth-order valence-corrected chi connectivity index (χ4v) is 2.48. The van der Waals surface area contributed by atoms with E-state index in [1.807, 2.05) is 0 Å². The van der Waals surface area contributed by atoms with Crippen LogP contribution in [0.5, 0.6) is 5.88 Å². The number of methoxy groups -OCH3 is 1. The normalized spacial score (nSPS) is 14.2. The van der Waals surface area contributed by atoms with Crippen molar-refractivity contribution in [3.05, 3.63) is 53.2 Å². The van der Waals surface area contributed by atoms with Crippen LogP contribution in [0.25, 0.3) is 0 Å². The van der Waals surface area contributed by atoms with Gasteiger partial charge in [-0.1, -0.05) is 12.1 Å². The van der Waals surface area contributed by atoms with Crippen LogP contribution in [0.2, 0.25) is 0 Å². The number of nitrogens with zero attached hydrogens (tertiary/aromatic N) is 1. The molecule has 3 rings (SSSR count). The molecule has 25 heavy (non-hydrogen) atoms. The minimum Gasteiger partial charge on any atom is -0.481 e. The van der Waals surface area contributed by atoms with Crippen LogP contribution >= 0.6 is 0 Å². The molecule has 1 aliphatic carbocycles. The van der Waals surface area contributed by atoms with Crippen LogP contribution in [-0.2, 0) is 17.4 Å². The van der Waals surface area contributed by atoms with Gasteiger partial charge in [-0.3, -0.25) is 4.79 Å². The van der Waals surface area contributed by atoms with Crippen molar-refractivity contribution in [3.8, 4) is 5.88 Å². The molecule has 1 aliphatic rings. The molecule has 0 bridgehead atoms. The summed E-state index contributed by atoms with van der Waals surface area (Å²) in [6.45, 7) is 0. The summed E-state index contributed by atoms with van der Waals surface area (Å²) >= 11 is 0. The summed E-state index contributed by atoms with van der Waals surface area (Å²) < 4.78 is 43.7. The Bertz CT molecular complexity index is 769. The number of anilines is 1. The maximum absolute atomic E-state index is 12.9. The Kier molecular flexibility index (Phi) is 4.65. The lowest BCUT2D eigenvalue weighted by Gasteiger charge is -2.12. The van der Waals surface area contributed by atoms with Crippen LogP contribution in [0.15, 0.2) is 36.5 Å². The van der Waals surface area contributed by atoms with Gasteiger partial charge >= 0.3 is 6.18 Å². The van der Waals surface area contributed by atoms with E-state index >= 15 is 0 Å². The van der Waals surface area contributed by atoms with Crippen molar-refractivity contribution >= 4 is 11.6 Å². The fourth-order valence-electron chi connectivity index (χ4n) is 2.48. The average Bonchev–Trinajstić information content (AvgIpc) is 3.41. The zero-order valence-electron chi connectivity index (χ0n) is 13.6. The molecule has 0 atom stereocenters. The quantitative estimate of drug-likeness (QED) is 0.885. The number of rotatable bonds is 5. The number of carbonyl (C=O) groups is 1. The molecule has 1 fully saturated rings. The highest BCUT2D eigenvalue weighted by atomic mass is 19.4. The van der Waals surface area contributed by atoms with E-state index < -0.39 is 11.7 Å². The summed E-state index contributed by atoms with van der Waals surface area (Å²) in [5, 5.41) is 2.82. The van der Waals surface area contributed by atoms with Gasteiger partial charge in [-0.25, -0.2) is 4.98 Å². The van der Waals surface area contributed by atoms with Gasteiger partial charge in [0.25, 0.3) is 0 Å². The van der Waals surface area contributed by atoms with Gasteiger partial charge in [0.15, 0.2) is 0 Å². The van der Waals surface area contributed by atoms with Crippen LogP contribution in [0.1, 0.15) is 29.5 Å². The molecule has 1 saturated carbocycles. The highest BCUT2D eigenvalue weighted by Gasteiger charge is 2.32. The second kappa shape index (κ2) is 6.74. The molecular weight excluding hydrogens is 333 g/mol. The maximum atomic E-state index is 12.9. The first kappa shape index (κ1) is 17.3. The number of amides is 1. The van der Waals surface area contributed by atoms with E-state index in [1.165, 1.54) is 7.11 Å². The average molecular weight is 350 g/mol. The highest BCUT2D eigenvalue weighted by Crippen LogP contribution is 2.32. The molecule has 7 heteroatoms. The lowest BCUT2D eigenvalue weighted by Crippen LogP contribution is -2.13. The number of nitrogens with one attached hydrogen (secondary N) is 1. The number of alkyl halides is 3. The predicted octanol–water partition coefficient (Wildman–Crippen LogP) is 4.05. The van der Waals surface area contributed by atoms with Gasteiger partial charge in [-0.05, 0) is 36.6 Å². The van der Waals surface area contributed by atoms with Crippen LogP contribution < -0.4 is 10.1 Å². The molecule has 1 N–H and O–H groups in total. The number of hydrogen-bond donors (Lipinski definition) is 1. The van der Waals surface area contributed by atoms with Gasteiger partial charge < -0.3 is 10.1 Å². The number of aromatic nitrogens is 1. The van der Waals surface area contributed by atoms with Crippen molar-refractivity contribution in [3.63, 3.8) is 0 Å². The zero-order valence-corrected chi connectivity index (χ0v) is 13.6. The van der Waals surface area contributed by atoms with Crippen LogP contribution in [0.4, 0.5) is 18.9 Å². The van der Waals surface area contributed by atoms with Crippen LogP contribution in [0, 0.1) is 5.92 Å². The van der Waals surface area contributed by atoms with Gasteiger partial charge in [0.05, 0.1) is 12.7 Å². The number of halogens is 3. The summed E-state index contributed by atoms with van der Waals surface area (Å²) in [4.78, 5) is 15.5. The smallest absolute Gasteiger partial charge is 0.417 e. The molecule has 0 saturated heterocycles. The lowest BCUT2D eigenvalue weighted by atomic mass is 10.0. The molecule has 2 aromatic rings. The SMILES string of the molecule is COc1ncc(C(F)(F)F)cc1Cc1ccc(NC(=O)C2CC2)cc1. The van der Waals surface area contributed by atoms with Crippen molar-refractivity contribution in [1.29, 1.82) is 0 Å². The molecule has 1 aromatic carbocycles. The third kappa shape index (κ3) is 4.29. The van der Waals surface area contributed by atoms with E-state index in [1.54, 1.807) is 24.3 Å². The number of pyridine rings is 1. The molecule has 0 spiro atoms. The van der Waals surface area contributed by atoms with Gasteiger partial charge in [-0.2, -0.15) is 13.2 Å². The van der Waals surface area contributed by atoms with E-state index in [0.29, 0.717) is 11.3 Å². The maximum Gasteiger partial charge on any atom is 0.417 e. The molecule has 1 aromatic heterocycles. The third-order valence-electron chi connectivity index (χ3n) is 4.01. The second-order valence-corrected chi connectivity index (χ2v) is 6.03. The second-order valence-electron chi connectivity index (χ2n) is 6.03. The summed E-state index contributed by atoms with van der Waals surface area (Å²) in [6, 6.07) is 8.06. The predicted molar refractivity (Wildman–Crippen MR) is 86.4 cm³/mol. The summed E-state index contributed by atoms with van der Waals surface area (Å²) in [6.07, 6.45) is -1.60. The first-order chi connectivity index (χ1) is 11.9. The van der Waals surface area contributed by atoms with Crippen LogP contribution in [-0.4, -0.2) is 18.0 Å². The van der Waals surface area contributed by atoms with Crippen molar-refractivity contribution in [2.45, 2.75) is 25.4 Å². The molecule has 0 aliphatic heterocycles. The Morgan fingerprint density at radius 3 is 2.52 bits per heavy atom. The monoisotopic (exact) mass is 350 g/mol. The standard InChI is InChI=1S/C18H17F3N2O2/c1-25-17-13(9-14(10-22-17)18(19,20)21)8-11-2-6-15(7-3-11)23-16(24)12-4-5-12/h2-3,6-7,9-10,12H,4-5,8H2,1H3,(H,23,24). The Balaban J connectivity index is 1.75. The van der Waals surface area contributed by atoms with E-state index in [4.69, 9.17) is 4.74 Å². The molecule has 0 unspecified atom stereocenters. The first-order valence-electron chi connectivity index (χ1n) is 7.86. The molecule has 4 nitrogen and oxygen atoms in total. The summed E-state index contributed by atoms with van der Waals surface area (Å²) in [5.74, 6) is 0.288. The van der Waals surface area contributed by atoms with Crippen molar-refractivity contribution in [1.82, 2.24) is 4.98 Å². The Hall–Kier alpha value is -2.57. The molecule has 1 amide bonds. The number of benzene rings is 1. The van der Waals surface area contributed by atoms with E-state index in [-0.39, 0.29) is 24.1 Å². The Morgan fingerprint density at radius 2 is 1.96 bits per heavy atom. The van der Waals surface area contributed by atoms with Gasteiger partial charge in [0.2, 0.25) is 11.8 Å². The zero-order chi connectivity index (χ0) is 18.0. The highest BCUT2D eigenvalue weighted by molar-refractivity contribution is 5.94. The van der Waals surface area contributed by atoms with Crippen molar-refractivity contribution < 1.29 is 22.7 Å². The summed E-state index contributed by atoms with van der Waals surface area (Å²) in [7, 11) is 1.37. The first-order valence-corrected chi connectivity index (χ1v) is 7.86. The minimum atomic E-state index is -4.45. The van der Waals surface area contributed by atoms with Crippen LogP contribution in [0.3, 0.4) is 0 Å². The third-order valence-corrected chi connectivity index (χ3v) is 4.01. The minimum absolute atomic E-state index is 0.0106. The van der Waals surface area contributed by atoms with E-state index in [0.717, 1.165) is 30.7 Å². The van der Waals surface area contributed by atoms with Crippen molar-refractivity contribution in [2.24, 2.45) is 5.92 Å². The Morgan fingerprint density at radius 1 is 1.28 bits per heavy atom. The molecular formula is C18H17F3N2O2. The Labute approximate surface area is 143 Å². The number of hydrogen-bond acceptors (Lipinski definition) is 3. The fraction of sp³-hybridized carbons (Fsp3) is 0.333. The van der Waals surface area contributed by atoms with Crippen molar-refractivity contribution in [2.75, 3.05) is 12.4 Å². The molecule has 132 valence electrons. The largest absolute Gasteiger partial charge is 0.481 e. The van der Waals surface area contributed by atoms with Gasteiger partial charge in [0, 0.05) is 29.8 Å². The van der Waals surface area contributed by atoms with E-state index in [2.05, 4.69) is 10.3 Å². The molecule has 0 radical (unpaired) electrons. The molecule has 1 heterocycles. The van der Waals surface area contributed by atoms with E-state index in [9.17, 15) is 18.0 Å². The number of carbonyl (C=O) groups excluding carboxylic acids is 1. The van der Waals surface area contributed by atoms with Gasteiger partial charge in [-0.15, -0.1) is 0 Å². The topological polar surface area (TPSA) is 51.2 Å².